The Morgan fingerprint density at radius 2 is 1.26 bits per heavy atom. The van der Waals surface area contributed by atoms with E-state index in [4.69, 9.17) is 47.0 Å². The normalized spacial score (nSPS) is 31.6. The van der Waals surface area contributed by atoms with E-state index in [2.05, 4.69) is 0 Å². The maximum absolute atomic E-state index is 14.7. The molecule has 69 heavy (non-hydrogen) atoms. The number of esters is 1. The smallest absolute Gasteiger partial charge is 0.330 e. The number of carbonyl (C=O) groups excluding carboxylic acids is 1. The maximum Gasteiger partial charge on any atom is 0.330 e. The van der Waals surface area contributed by atoms with Gasteiger partial charge < -0.3 is 113 Å². The number of aliphatic hydroxyl groups excluding tert-OH is 10. The number of benzene rings is 3. The van der Waals surface area contributed by atoms with Gasteiger partial charge in [0.1, 0.15) is 90.5 Å². The lowest BCUT2D eigenvalue weighted by Gasteiger charge is -2.45. The predicted octanol–water partition coefficient (Wildman–Crippen LogP) is -2.96. The van der Waals surface area contributed by atoms with Gasteiger partial charge in [-0.05, 0) is 48.0 Å². The molecule has 3 aliphatic heterocycles. The van der Waals surface area contributed by atoms with Crippen molar-refractivity contribution in [3.63, 3.8) is 0 Å². The Labute approximate surface area is 388 Å². The van der Waals surface area contributed by atoms with Crippen molar-refractivity contribution in [3.8, 4) is 51.6 Å². The van der Waals surface area contributed by atoms with E-state index >= 15 is 0 Å². The second-order valence-electron chi connectivity index (χ2n) is 15.9. The minimum atomic E-state index is -2.05. The Hall–Kier alpha value is -5.88. The van der Waals surface area contributed by atoms with E-state index in [1.54, 1.807) is 0 Å². The highest BCUT2D eigenvalue weighted by Crippen LogP contribution is 2.46. The Bertz CT molecular complexity index is 2510. The van der Waals surface area contributed by atoms with Crippen LogP contribution in [-0.4, -0.2) is 199 Å². The molecule has 0 radical (unpaired) electrons. The molecule has 0 aliphatic carbocycles. The molecule has 7 rings (SSSR count). The first-order valence-electron chi connectivity index (χ1n) is 20.9. The molecule has 0 saturated carbocycles. The van der Waals surface area contributed by atoms with E-state index < -0.39 is 169 Å². The van der Waals surface area contributed by atoms with Gasteiger partial charge in [0.2, 0.25) is 29.5 Å². The second kappa shape index (κ2) is 21.4. The molecule has 25 heteroatoms. The van der Waals surface area contributed by atoms with E-state index in [9.17, 15) is 76.0 Å². The molecule has 3 fully saturated rings. The summed E-state index contributed by atoms with van der Waals surface area (Å²) in [5, 5.41) is 136. The highest BCUT2D eigenvalue weighted by molar-refractivity contribution is 5.91. The average Bonchev–Trinajstić information content (AvgIpc) is 3.34. The van der Waals surface area contributed by atoms with Gasteiger partial charge in [-0.3, -0.25) is 4.79 Å². The van der Waals surface area contributed by atoms with E-state index in [1.807, 2.05) is 0 Å². The summed E-state index contributed by atoms with van der Waals surface area (Å²) in [7, 11) is 2.45. The van der Waals surface area contributed by atoms with Crippen LogP contribution in [0.25, 0.3) is 28.4 Å². The van der Waals surface area contributed by atoms with Gasteiger partial charge in [0, 0.05) is 17.7 Å². The number of fused-ring (bicyclic) bond motifs is 1. The van der Waals surface area contributed by atoms with Crippen LogP contribution < -0.4 is 24.4 Å². The summed E-state index contributed by atoms with van der Waals surface area (Å²) in [5.41, 5.74) is -1.19. The van der Waals surface area contributed by atoms with Crippen molar-refractivity contribution in [1.29, 1.82) is 0 Å². The third-order valence-electron chi connectivity index (χ3n) is 11.5. The van der Waals surface area contributed by atoms with Crippen molar-refractivity contribution in [1.82, 2.24) is 0 Å². The van der Waals surface area contributed by atoms with Crippen molar-refractivity contribution in [3.05, 3.63) is 70.4 Å². The van der Waals surface area contributed by atoms with Gasteiger partial charge in [-0.1, -0.05) is 6.07 Å². The van der Waals surface area contributed by atoms with E-state index in [-0.39, 0.29) is 11.3 Å². The molecular weight excluding hydrogens is 928 g/mol. The molecule has 3 aromatic carbocycles. The first-order valence-corrected chi connectivity index (χ1v) is 20.9. The van der Waals surface area contributed by atoms with Gasteiger partial charge in [0.25, 0.3) is 0 Å². The fourth-order valence-corrected chi connectivity index (χ4v) is 7.65. The summed E-state index contributed by atoms with van der Waals surface area (Å²) in [4.78, 5) is 27.2. The van der Waals surface area contributed by atoms with E-state index in [1.165, 1.54) is 55.7 Å². The van der Waals surface area contributed by atoms with Gasteiger partial charge in [-0.15, -0.1) is 0 Å². The van der Waals surface area contributed by atoms with Crippen LogP contribution in [0.15, 0.2) is 63.8 Å². The first-order chi connectivity index (χ1) is 32.9. The number of aromatic hydroxyl groups is 3. The van der Waals surface area contributed by atoms with Crippen LogP contribution >= 0.6 is 0 Å². The molecule has 0 unspecified atom stereocenters. The molecule has 4 heterocycles. The second-order valence-corrected chi connectivity index (χ2v) is 15.9. The SMILES string of the molecule is COc1ccc(-c2oc3cc(O[C@@H]4O[C@H](COC(=O)C=Cc5ccc(O)c(O)c5)[C@@H](O)[C@H](O)[C@H]4O)c(OC)c(O)c3c(=O)c2O[C@@H]2O[C@H](CO)[C@@H](O)[C@H](O)[C@H]2O[C@@H]2O[C@H](CO)[C@@H](O)[C@H](O)[C@H]2O)cc1. The predicted molar refractivity (Wildman–Crippen MR) is 227 cm³/mol. The number of phenolic OH excluding ortho intramolecular Hbond substituents is 3. The monoisotopic (exact) mass is 978 g/mol. The summed E-state index contributed by atoms with van der Waals surface area (Å²) in [6.45, 7) is -2.48. The zero-order valence-electron chi connectivity index (χ0n) is 36.3. The van der Waals surface area contributed by atoms with Crippen LogP contribution in [-0.2, 0) is 28.5 Å². The maximum atomic E-state index is 14.7. The topological polar surface area (TPSA) is 393 Å². The standard InChI is InChI=1S/C44H50O25/c1-60-18-7-5-17(6-8-18)38-40(68-44-41(35(57)29(51)24(14-46)66-44)69-43-37(59)33(55)28(50)23(13-45)65-43)32(54)27-21(63-38)12-22(39(61-2)31(27)53)64-42-36(58)34(56)30(52)25(67-42)15-62-26(49)10-4-16-3-9-19(47)20(48)11-16/h3-12,23-25,28-30,33-37,41-48,50-53,55-59H,13-15H2,1-2H3/t23-,24-,25-,28-,29-,30-,33+,34+,35+,36-,37-,41-,42-,43+,44+/m1/s1. The lowest BCUT2D eigenvalue weighted by atomic mass is 9.97. The Morgan fingerprint density at radius 3 is 1.88 bits per heavy atom. The van der Waals surface area contributed by atoms with Crippen molar-refractivity contribution in [2.24, 2.45) is 0 Å². The molecule has 0 spiro atoms. The third kappa shape index (κ3) is 10.4. The van der Waals surface area contributed by atoms with Gasteiger partial charge >= 0.3 is 5.97 Å². The number of carbonyl (C=O) groups is 1. The first kappa shape index (κ1) is 51.0. The molecule has 4 aromatic rings. The summed E-state index contributed by atoms with van der Waals surface area (Å²) in [6, 6.07) is 10.6. The number of methoxy groups -OCH3 is 2. The van der Waals surface area contributed by atoms with Crippen LogP contribution in [0, 0.1) is 0 Å². The molecule has 376 valence electrons. The van der Waals surface area contributed by atoms with Gasteiger partial charge in [-0.25, -0.2) is 4.79 Å². The lowest BCUT2D eigenvalue weighted by Crippen LogP contribution is -2.65. The zero-order valence-corrected chi connectivity index (χ0v) is 36.3. The van der Waals surface area contributed by atoms with Crippen molar-refractivity contribution >= 4 is 23.0 Å². The van der Waals surface area contributed by atoms with Crippen molar-refractivity contribution < 1.29 is 118 Å². The highest BCUT2D eigenvalue weighted by atomic mass is 16.8. The number of aliphatic hydroxyl groups is 10. The molecule has 0 bridgehead atoms. The molecule has 3 saturated heterocycles. The highest BCUT2D eigenvalue weighted by Gasteiger charge is 2.52. The van der Waals surface area contributed by atoms with Crippen molar-refractivity contribution in [2.75, 3.05) is 34.0 Å². The number of rotatable bonds is 15. The molecular formula is C44H50O25. The molecule has 0 amide bonds. The Kier molecular flexibility index (Phi) is 15.8. The molecule has 15 atom stereocenters. The fraction of sp³-hybridized carbons (Fsp3) is 0.455. The van der Waals surface area contributed by atoms with Gasteiger partial charge in [-0.2, -0.15) is 0 Å². The third-order valence-corrected chi connectivity index (χ3v) is 11.5. The molecule has 3 aliphatic rings. The lowest BCUT2D eigenvalue weighted by molar-refractivity contribution is -0.358. The van der Waals surface area contributed by atoms with Crippen LogP contribution in [0.1, 0.15) is 5.56 Å². The molecule has 13 N–H and O–H groups in total. The number of phenols is 3. The summed E-state index contributed by atoms with van der Waals surface area (Å²) in [5.74, 6) is -4.63. The number of ether oxygens (including phenoxy) is 9. The number of hydrogen-bond donors (Lipinski definition) is 13. The fourth-order valence-electron chi connectivity index (χ4n) is 7.65. The molecule has 25 nitrogen and oxygen atoms in total. The van der Waals surface area contributed by atoms with Crippen LogP contribution in [0.5, 0.6) is 40.2 Å². The minimum Gasteiger partial charge on any atom is -0.504 e. The largest absolute Gasteiger partial charge is 0.504 e. The van der Waals surface area contributed by atoms with Gasteiger partial charge in [0.05, 0.1) is 27.4 Å². The summed E-state index contributed by atoms with van der Waals surface area (Å²) in [6.07, 6.45) is -25.8. The van der Waals surface area contributed by atoms with E-state index in [0.29, 0.717) is 11.3 Å². The summed E-state index contributed by atoms with van der Waals surface area (Å²) < 4.78 is 56.6. The van der Waals surface area contributed by atoms with Crippen LogP contribution in [0.3, 0.4) is 0 Å². The molecule has 1 aromatic heterocycles. The zero-order chi connectivity index (χ0) is 50.0. The van der Waals surface area contributed by atoms with Gasteiger partial charge in [0.15, 0.2) is 41.2 Å². The van der Waals surface area contributed by atoms with Crippen LogP contribution in [0.4, 0.5) is 0 Å². The van der Waals surface area contributed by atoms with Crippen LogP contribution in [0.2, 0.25) is 0 Å². The van der Waals surface area contributed by atoms with Crippen molar-refractivity contribution in [2.45, 2.75) is 92.1 Å². The Balaban J connectivity index is 1.23. The quantitative estimate of drug-likeness (QED) is 0.0321. The number of hydrogen-bond acceptors (Lipinski definition) is 25. The Morgan fingerprint density at radius 1 is 0.652 bits per heavy atom. The summed E-state index contributed by atoms with van der Waals surface area (Å²) >= 11 is 0. The average molecular weight is 979 g/mol. The van der Waals surface area contributed by atoms with E-state index in [0.717, 1.165) is 19.3 Å². The minimum absolute atomic E-state index is 0.0978.